The zero-order valence-corrected chi connectivity index (χ0v) is 9.19. The quantitative estimate of drug-likeness (QED) is 0.362. The molecule has 0 saturated carbocycles. The molecule has 0 aromatic heterocycles. The number of benzene rings is 1. The Morgan fingerprint density at radius 1 is 1.41 bits per heavy atom. The lowest BCUT2D eigenvalue weighted by molar-refractivity contribution is -0.119. The normalized spacial score (nSPS) is 25.1. The molecule has 0 spiro atoms. The number of carbonyl (C=O) groups excluding carboxylic acids is 2. The average molecular weight is 231 g/mol. The molecule has 1 aromatic carbocycles. The van der Waals surface area contributed by atoms with Crippen molar-refractivity contribution in [2.75, 3.05) is 0 Å². The molecule has 88 valence electrons. The van der Waals surface area contributed by atoms with E-state index in [0.717, 1.165) is 17.5 Å². The number of carbonyl (C=O) groups is 2. The summed E-state index contributed by atoms with van der Waals surface area (Å²) in [7, 11) is 0. The summed E-state index contributed by atoms with van der Waals surface area (Å²) >= 11 is 0. The minimum Gasteiger partial charge on any atom is -0.349 e. The molecule has 1 aromatic rings. The molecule has 2 aliphatic rings. The number of nitrogens with two attached hydrogens (primary N) is 1. The van der Waals surface area contributed by atoms with Crippen molar-refractivity contribution < 1.29 is 9.59 Å². The predicted molar refractivity (Wildman–Crippen MR) is 60.8 cm³/mol. The van der Waals surface area contributed by atoms with E-state index in [1.165, 1.54) is 0 Å². The van der Waals surface area contributed by atoms with Gasteiger partial charge in [-0.15, -0.1) is 0 Å². The van der Waals surface area contributed by atoms with E-state index < -0.39 is 0 Å². The molecule has 17 heavy (non-hydrogen) atoms. The minimum absolute atomic E-state index is 0.0722. The fourth-order valence-corrected chi connectivity index (χ4v) is 2.90. The summed E-state index contributed by atoms with van der Waals surface area (Å²) in [6, 6.07) is 5.64. The van der Waals surface area contributed by atoms with Crippen molar-refractivity contribution in [3.8, 4) is 0 Å². The molecule has 4 N–H and O–H groups in total. The van der Waals surface area contributed by atoms with Gasteiger partial charge < -0.3 is 5.32 Å². The molecular weight excluding hydrogens is 218 g/mol. The maximum Gasteiger partial charge on any atom is 0.265 e. The molecule has 1 heterocycles. The molecule has 0 radical (unpaired) electrons. The van der Waals surface area contributed by atoms with Gasteiger partial charge in [-0.3, -0.25) is 15.0 Å². The number of hydrazine groups is 1. The Hall–Kier alpha value is -1.88. The van der Waals surface area contributed by atoms with Crippen molar-refractivity contribution in [3.63, 3.8) is 0 Å². The molecule has 1 saturated heterocycles. The fraction of sp³-hybridized carbons (Fsp3) is 0.333. The van der Waals surface area contributed by atoms with Gasteiger partial charge in [-0.1, -0.05) is 12.1 Å². The van der Waals surface area contributed by atoms with Crippen LogP contribution in [0.4, 0.5) is 0 Å². The lowest BCUT2D eigenvalue weighted by Gasteiger charge is -2.10. The Morgan fingerprint density at radius 3 is 3.00 bits per heavy atom. The summed E-state index contributed by atoms with van der Waals surface area (Å²) in [5.41, 5.74) is 4.85. The van der Waals surface area contributed by atoms with Crippen LogP contribution in [-0.4, -0.2) is 11.8 Å². The topological polar surface area (TPSA) is 84.2 Å². The zero-order chi connectivity index (χ0) is 12.0. The number of hydrogen-bond donors (Lipinski definition) is 3. The second kappa shape index (κ2) is 3.56. The first-order valence-corrected chi connectivity index (χ1v) is 5.63. The van der Waals surface area contributed by atoms with Gasteiger partial charge in [0.25, 0.3) is 5.91 Å². The molecule has 2 amide bonds. The van der Waals surface area contributed by atoms with Crippen LogP contribution < -0.4 is 16.6 Å². The summed E-state index contributed by atoms with van der Waals surface area (Å²) in [5, 5.41) is 2.95. The standard InChI is InChI=1S/C12H13N3O2/c13-15-12(17)8-3-1-2-7-9(8)4-6-5-10(16)14-11(6)7/h1-3,6,11H,4-5,13H2,(H,14,16)(H,15,17)/t6-,11?/m1/s1. The summed E-state index contributed by atoms with van der Waals surface area (Å²) in [4.78, 5) is 23.0. The second-order valence-corrected chi connectivity index (χ2v) is 4.56. The van der Waals surface area contributed by atoms with Crippen LogP contribution in [0, 0.1) is 5.92 Å². The first-order chi connectivity index (χ1) is 8.20. The van der Waals surface area contributed by atoms with E-state index in [0.29, 0.717) is 12.0 Å². The van der Waals surface area contributed by atoms with E-state index in [4.69, 9.17) is 5.84 Å². The van der Waals surface area contributed by atoms with Crippen LogP contribution >= 0.6 is 0 Å². The predicted octanol–water partition coefficient (Wildman–Crippen LogP) is 0.0234. The van der Waals surface area contributed by atoms with Crippen molar-refractivity contribution in [2.24, 2.45) is 11.8 Å². The highest BCUT2D eigenvalue weighted by molar-refractivity contribution is 5.96. The number of hydrogen-bond acceptors (Lipinski definition) is 3. The highest BCUT2D eigenvalue weighted by atomic mass is 16.2. The van der Waals surface area contributed by atoms with E-state index in [9.17, 15) is 9.59 Å². The van der Waals surface area contributed by atoms with Crippen LogP contribution in [0.5, 0.6) is 0 Å². The van der Waals surface area contributed by atoms with Crippen molar-refractivity contribution in [1.29, 1.82) is 0 Å². The maximum absolute atomic E-state index is 11.6. The van der Waals surface area contributed by atoms with Gasteiger partial charge in [0.1, 0.15) is 0 Å². The van der Waals surface area contributed by atoms with E-state index in [-0.39, 0.29) is 23.8 Å². The molecule has 1 aliphatic carbocycles. The smallest absolute Gasteiger partial charge is 0.265 e. The Balaban J connectivity index is 2.05. The van der Waals surface area contributed by atoms with Gasteiger partial charge >= 0.3 is 0 Å². The summed E-state index contributed by atoms with van der Waals surface area (Å²) in [6.07, 6.45) is 1.31. The third-order valence-electron chi connectivity index (χ3n) is 3.62. The third-order valence-corrected chi connectivity index (χ3v) is 3.62. The van der Waals surface area contributed by atoms with Gasteiger partial charge in [0.05, 0.1) is 6.04 Å². The van der Waals surface area contributed by atoms with Gasteiger partial charge in [-0.05, 0) is 29.5 Å². The van der Waals surface area contributed by atoms with Crippen LogP contribution in [0.25, 0.3) is 0 Å². The lowest BCUT2D eigenvalue weighted by atomic mass is 10.0. The van der Waals surface area contributed by atoms with Gasteiger partial charge in [0, 0.05) is 12.0 Å². The van der Waals surface area contributed by atoms with E-state index in [1.54, 1.807) is 6.07 Å². The summed E-state index contributed by atoms with van der Waals surface area (Å²) in [5.74, 6) is 5.27. The fourth-order valence-electron chi connectivity index (χ4n) is 2.90. The molecule has 3 rings (SSSR count). The molecule has 2 atom stereocenters. The first kappa shape index (κ1) is 10.3. The SMILES string of the molecule is NNC(=O)c1cccc2c1C[C@@H]1CC(=O)NC21. The van der Waals surface area contributed by atoms with E-state index >= 15 is 0 Å². The number of rotatable bonds is 1. The van der Waals surface area contributed by atoms with Crippen molar-refractivity contribution >= 4 is 11.8 Å². The van der Waals surface area contributed by atoms with Gasteiger partial charge in [0.2, 0.25) is 5.91 Å². The Bertz CT molecular complexity index is 512. The highest BCUT2D eigenvalue weighted by Crippen LogP contribution is 2.42. The number of amides is 2. The molecule has 0 bridgehead atoms. The second-order valence-electron chi connectivity index (χ2n) is 4.56. The monoisotopic (exact) mass is 231 g/mol. The van der Waals surface area contributed by atoms with Crippen molar-refractivity contribution in [3.05, 3.63) is 34.9 Å². The average Bonchev–Trinajstić information content (AvgIpc) is 2.83. The number of nitrogen functional groups attached to an aromatic ring is 1. The van der Waals surface area contributed by atoms with Crippen LogP contribution in [0.1, 0.15) is 33.9 Å². The van der Waals surface area contributed by atoms with Crippen molar-refractivity contribution in [2.45, 2.75) is 18.9 Å². The Labute approximate surface area is 98.3 Å². The zero-order valence-electron chi connectivity index (χ0n) is 9.19. The van der Waals surface area contributed by atoms with Crippen LogP contribution in [0.15, 0.2) is 18.2 Å². The van der Waals surface area contributed by atoms with Gasteiger partial charge in [0.15, 0.2) is 0 Å². The molecule has 1 fully saturated rings. The van der Waals surface area contributed by atoms with Crippen LogP contribution in [-0.2, 0) is 11.2 Å². The van der Waals surface area contributed by atoms with E-state index in [2.05, 4.69) is 10.7 Å². The van der Waals surface area contributed by atoms with Gasteiger partial charge in [-0.2, -0.15) is 0 Å². The molecular formula is C12H13N3O2. The van der Waals surface area contributed by atoms with Gasteiger partial charge in [-0.25, -0.2) is 5.84 Å². The first-order valence-electron chi connectivity index (χ1n) is 5.63. The maximum atomic E-state index is 11.6. The van der Waals surface area contributed by atoms with Crippen LogP contribution in [0.3, 0.4) is 0 Å². The number of fused-ring (bicyclic) bond motifs is 3. The largest absolute Gasteiger partial charge is 0.349 e. The Morgan fingerprint density at radius 2 is 2.24 bits per heavy atom. The molecule has 5 heteroatoms. The third kappa shape index (κ3) is 1.43. The van der Waals surface area contributed by atoms with Crippen LogP contribution in [0.2, 0.25) is 0 Å². The Kier molecular flexibility index (Phi) is 2.16. The number of nitrogens with one attached hydrogen (secondary N) is 2. The molecule has 5 nitrogen and oxygen atoms in total. The summed E-state index contributed by atoms with van der Waals surface area (Å²) in [6.45, 7) is 0. The summed E-state index contributed by atoms with van der Waals surface area (Å²) < 4.78 is 0. The van der Waals surface area contributed by atoms with E-state index in [1.807, 2.05) is 12.1 Å². The lowest BCUT2D eigenvalue weighted by Crippen LogP contribution is -2.31. The van der Waals surface area contributed by atoms with Crippen molar-refractivity contribution in [1.82, 2.24) is 10.7 Å². The highest BCUT2D eigenvalue weighted by Gasteiger charge is 2.41. The molecule has 1 aliphatic heterocycles. The molecule has 1 unspecified atom stereocenters. The minimum atomic E-state index is -0.270.